The third-order valence-electron chi connectivity index (χ3n) is 3.72. The van der Waals surface area contributed by atoms with Crippen molar-refractivity contribution in [3.8, 4) is 5.75 Å². The van der Waals surface area contributed by atoms with Gasteiger partial charge in [-0.2, -0.15) is 0 Å². The van der Waals surface area contributed by atoms with E-state index in [1.54, 1.807) is 7.11 Å². The van der Waals surface area contributed by atoms with Gasteiger partial charge in [-0.3, -0.25) is 9.59 Å². The molecule has 2 amide bonds. The van der Waals surface area contributed by atoms with Crippen LogP contribution < -0.4 is 15.4 Å². The Morgan fingerprint density at radius 1 is 1.33 bits per heavy atom. The maximum absolute atomic E-state index is 11.7. The van der Waals surface area contributed by atoms with E-state index in [4.69, 9.17) is 4.74 Å². The molecule has 0 spiro atoms. The molecule has 5 heteroatoms. The Hall–Kier alpha value is -2.04. The summed E-state index contributed by atoms with van der Waals surface area (Å²) in [6.07, 6.45) is 1.27. The van der Waals surface area contributed by atoms with Crippen molar-refractivity contribution in [3.05, 3.63) is 29.8 Å². The van der Waals surface area contributed by atoms with Crippen molar-refractivity contribution >= 4 is 11.8 Å². The van der Waals surface area contributed by atoms with Gasteiger partial charge in [-0.15, -0.1) is 0 Å². The number of amides is 2. The van der Waals surface area contributed by atoms with Gasteiger partial charge in [-0.25, -0.2) is 0 Å². The number of ether oxygens (including phenoxy) is 1. The van der Waals surface area contributed by atoms with Crippen molar-refractivity contribution in [3.63, 3.8) is 0 Å². The van der Waals surface area contributed by atoms with Crippen LogP contribution in [-0.2, 0) is 16.1 Å². The average Bonchev–Trinajstić information content (AvgIpc) is 3.22. The Morgan fingerprint density at radius 2 is 2.10 bits per heavy atom. The summed E-state index contributed by atoms with van der Waals surface area (Å²) in [6.45, 7) is 2.92. The summed E-state index contributed by atoms with van der Waals surface area (Å²) in [5.41, 5.74) is 0.985. The molecule has 0 saturated heterocycles. The normalized spacial score (nSPS) is 19.7. The number of hydrogen-bond donors (Lipinski definition) is 2. The van der Waals surface area contributed by atoms with Crippen molar-refractivity contribution < 1.29 is 14.3 Å². The molecule has 21 heavy (non-hydrogen) atoms. The highest BCUT2D eigenvalue weighted by Gasteiger charge is 2.38. The molecule has 2 rings (SSSR count). The zero-order chi connectivity index (χ0) is 15.2. The molecule has 1 aromatic carbocycles. The largest absolute Gasteiger partial charge is 0.497 e. The van der Waals surface area contributed by atoms with Crippen LogP contribution in [0, 0.1) is 11.8 Å². The molecule has 1 saturated carbocycles. The molecule has 1 aliphatic rings. The summed E-state index contributed by atoms with van der Waals surface area (Å²) in [6, 6.07) is 7.56. The smallest absolute Gasteiger partial charge is 0.223 e. The fourth-order valence-corrected chi connectivity index (χ4v) is 2.19. The van der Waals surface area contributed by atoms with E-state index in [0.29, 0.717) is 25.4 Å². The highest BCUT2D eigenvalue weighted by molar-refractivity contribution is 5.82. The highest BCUT2D eigenvalue weighted by atomic mass is 16.5. The summed E-state index contributed by atoms with van der Waals surface area (Å²) in [7, 11) is 1.61. The highest BCUT2D eigenvalue weighted by Crippen LogP contribution is 2.37. The van der Waals surface area contributed by atoms with E-state index < -0.39 is 0 Å². The Labute approximate surface area is 125 Å². The van der Waals surface area contributed by atoms with E-state index in [1.807, 2.05) is 24.3 Å². The number of carbonyl (C=O) groups is 2. The van der Waals surface area contributed by atoms with Crippen LogP contribution in [0.2, 0.25) is 0 Å². The maximum Gasteiger partial charge on any atom is 0.223 e. The average molecular weight is 290 g/mol. The summed E-state index contributed by atoms with van der Waals surface area (Å²) in [5.74, 6) is 1.43. The van der Waals surface area contributed by atoms with Gasteiger partial charge in [0.15, 0.2) is 0 Å². The molecule has 114 valence electrons. The van der Waals surface area contributed by atoms with Crippen LogP contribution in [0.1, 0.15) is 25.3 Å². The molecule has 2 atom stereocenters. The predicted octanol–water partition coefficient (Wildman–Crippen LogP) is 1.47. The Morgan fingerprint density at radius 3 is 2.76 bits per heavy atom. The first-order chi connectivity index (χ1) is 10.1. The molecule has 0 bridgehead atoms. The number of rotatable bonds is 7. The van der Waals surface area contributed by atoms with Crippen molar-refractivity contribution in [2.24, 2.45) is 11.8 Å². The van der Waals surface area contributed by atoms with E-state index in [9.17, 15) is 9.59 Å². The second-order valence-electron chi connectivity index (χ2n) is 5.49. The number of methoxy groups -OCH3 is 1. The molecule has 1 fully saturated rings. The van der Waals surface area contributed by atoms with Gasteiger partial charge in [0.05, 0.1) is 7.11 Å². The summed E-state index contributed by atoms with van der Waals surface area (Å²) in [4.78, 5) is 23.3. The lowest BCUT2D eigenvalue weighted by molar-refractivity contribution is -0.123. The van der Waals surface area contributed by atoms with Crippen LogP contribution in [0.15, 0.2) is 24.3 Å². The third kappa shape index (κ3) is 4.77. The minimum absolute atomic E-state index is 0.0676. The van der Waals surface area contributed by atoms with Gasteiger partial charge < -0.3 is 15.4 Å². The minimum atomic E-state index is -0.0676. The van der Waals surface area contributed by atoms with Gasteiger partial charge >= 0.3 is 0 Å². The number of benzene rings is 1. The number of carbonyl (C=O) groups excluding carboxylic acids is 2. The van der Waals surface area contributed by atoms with E-state index in [0.717, 1.165) is 17.7 Å². The van der Waals surface area contributed by atoms with Gasteiger partial charge in [0.1, 0.15) is 5.75 Å². The van der Waals surface area contributed by atoms with Crippen LogP contribution in [0.3, 0.4) is 0 Å². The van der Waals surface area contributed by atoms with Crippen LogP contribution in [0.4, 0.5) is 0 Å². The van der Waals surface area contributed by atoms with E-state index in [-0.39, 0.29) is 17.7 Å². The second-order valence-corrected chi connectivity index (χ2v) is 5.49. The predicted molar refractivity (Wildman–Crippen MR) is 79.7 cm³/mol. The van der Waals surface area contributed by atoms with E-state index in [1.165, 1.54) is 0 Å². The van der Waals surface area contributed by atoms with Crippen molar-refractivity contribution in [1.82, 2.24) is 10.6 Å². The summed E-state index contributed by atoms with van der Waals surface area (Å²) >= 11 is 0. The Balaban J connectivity index is 1.64. The molecule has 0 heterocycles. The van der Waals surface area contributed by atoms with Crippen LogP contribution in [-0.4, -0.2) is 25.5 Å². The quantitative estimate of drug-likeness (QED) is 0.799. The standard InChI is InChI=1S/C16H22N2O3/c1-11-8-14(11)16(20)17-7-6-15(19)18-10-12-4-3-5-13(9-12)21-2/h3-5,9,11,14H,6-8,10H2,1-2H3,(H,17,20)(H,18,19)/t11-,14-/m1/s1. The molecule has 0 radical (unpaired) electrons. The minimum Gasteiger partial charge on any atom is -0.497 e. The first-order valence-corrected chi connectivity index (χ1v) is 7.27. The van der Waals surface area contributed by atoms with Gasteiger partial charge in [-0.05, 0) is 30.0 Å². The SMILES string of the molecule is COc1cccc(CNC(=O)CCNC(=O)[C@@H]2C[C@H]2C)c1. The molecule has 0 aromatic heterocycles. The van der Waals surface area contributed by atoms with E-state index >= 15 is 0 Å². The van der Waals surface area contributed by atoms with Gasteiger partial charge in [0, 0.05) is 25.4 Å². The molecule has 1 aliphatic carbocycles. The fourth-order valence-electron chi connectivity index (χ4n) is 2.19. The lowest BCUT2D eigenvalue weighted by Gasteiger charge is -2.08. The van der Waals surface area contributed by atoms with E-state index in [2.05, 4.69) is 17.6 Å². The lowest BCUT2D eigenvalue weighted by atomic mass is 10.2. The van der Waals surface area contributed by atoms with Crippen LogP contribution in [0.25, 0.3) is 0 Å². The Bertz CT molecular complexity index is 516. The number of hydrogen-bond acceptors (Lipinski definition) is 3. The van der Waals surface area contributed by atoms with Crippen LogP contribution in [0.5, 0.6) is 5.75 Å². The molecule has 0 unspecified atom stereocenters. The fraction of sp³-hybridized carbons (Fsp3) is 0.500. The first kappa shape index (κ1) is 15.4. The molecule has 2 N–H and O–H groups in total. The second kappa shape index (κ2) is 7.11. The third-order valence-corrected chi connectivity index (χ3v) is 3.72. The van der Waals surface area contributed by atoms with Gasteiger partial charge in [0.25, 0.3) is 0 Å². The van der Waals surface area contributed by atoms with Gasteiger partial charge in [0.2, 0.25) is 11.8 Å². The Kier molecular flexibility index (Phi) is 5.20. The van der Waals surface area contributed by atoms with Gasteiger partial charge in [-0.1, -0.05) is 19.1 Å². The molecule has 1 aromatic rings. The molecule has 5 nitrogen and oxygen atoms in total. The maximum atomic E-state index is 11.7. The summed E-state index contributed by atoms with van der Waals surface area (Å²) < 4.78 is 5.13. The van der Waals surface area contributed by atoms with Crippen molar-refractivity contribution in [2.75, 3.05) is 13.7 Å². The van der Waals surface area contributed by atoms with Crippen molar-refractivity contribution in [2.45, 2.75) is 26.3 Å². The first-order valence-electron chi connectivity index (χ1n) is 7.27. The summed E-state index contributed by atoms with van der Waals surface area (Å²) in [5, 5.41) is 5.63. The number of nitrogens with one attached hydrogen (secondary N) is 2. The molecular formula is C16H22N2O3. The molecule has 0 aliphatic heterocycles. The topological polar surface area (TPSA) is 67.4 Å². The lowest BCUT2D eigenvalue weighted by Crippen LogP contribution is -2.31. The zero-order valence-corrected chi connectivity index (χ0v) is 12.5. The zero-order valence-electron chi connectivity index (χ0n) is 12.5. The monoisotopic (exact) mass is 290 g/mol. The van der Waals surface area contributed by atoms with Crippen molar-refractivity contribution in [1.29, 1.82) is 0 Å². The molecular weight excluding hydrogens is 268 g/mol. The van der Waals surface area contributed by atoms with Crippen LogP contribution >= 0.6 is 0 Å².